The molecule has 0 aliphatic rings. The Bertz CT molecular complexity index is 533. The van der Waals surface area contributed by atoms with Crippen LogP contribution in [0.2, 0.25) is 0 Å². The van der Waals surface area contributed by atoms with E-state index >= 15 is 0 Å². The van der Waals surface area contributed by atoms with E-state index in [1.165, 1.54) is 122 Å². The first-order chi connectivity index (χ1) is 19.6. The van der Waals surface area contributed by atoms with Gasteiger partial charge in [-0.25, -0.2) is 0 Å². The third-order valence-electron chi connectivity index (χ3n) is 8.33. The van der Waals surface area contributed by atoms with Crippen LogP contribution in [-0.4, -0.2) is 23.1 Å². The largest absolute Gasteiger partial charge is 0.481 e. The third kappa shape index (κ3) is 31.5. The highest BCUT2D eigenvalue weighted by Crippen LogP contribution is 2.19. The van der Waals surface area contributed by atoms with E-state index in [9.17, 15) is 9.59 Å². The van der Waals surface area contributed by atoms with Gasteiger partial charge in [-0.1, -0.05) is 162 Å². The van der Waals surface area contributed by atoms with E-state index < -0.39 is 5.97 Å². The normalized spacial score (nSPS) is 12.1. The summed E-state index contributed by atoms with van der Waals surface area (Å²) in [6, 6.07) is 0. The molecule has 1 atom stereocenters. The Kier molecular flexibility index (Phi) is 31.6. The lowest BCUT2D eigenvalue weighted by atomic mass is 10.0. The molecule has 238 valence electrons. The SMILES string of the molecule is CCCCCCCCCCCCCCCCCC(=O)O[C@@H](CCCCCCCCC)CCCCCCCC(=O)O. The van der Waals surface area contributed by atoms with Crippen molar-refractivity contribution in [3.8, 4) is 0 Å². The van der Waals surface area contributed by atoms with Crippen molar-refractivity contribution in [2.24, 2.45) is 0 Å². The zero-order chi connectivity index (χ0) is 29.4. The van der Waals surface area contributed by atoms with E-state index in [-0.39, 0.29) is 18.5 Å². The molecule has 0 aromatic rings. The summed E-state index contributed by atoms with van der Waals surface area (Å²) in [6.45, 7) is 4.54. The summed E-state index contributed by atoms with van der Waals surface area (Å²) in [6.07, 6.45) is 36.9. The predicted molar refractivity (Wildman–Crippen MR) is 172 cm³/mol. The van der Waals surface area contributed by atoms with Gasteiger partial charge in [0.2, 0.25) is 0 Å². The summed E-state index contributed by atoms with van der Waals surface area (Å²) in [5.74, 6) is -0.695. The number of unbranched alkanes of at least 4 members (excludes halogenated alkanes) is 24. The summed E-state index contributed by atoms with van der Waals surface area (Å²) in [5.41, 5.74) is 0. The molecule has 0 saturated heterocycles. The van der Waals surface area contributed by atoms with Crippen molar-refractivity contribution in [3.05, 3.63) is 0 Å². The van der Waals surface area contributed by atoms with Crippen LogP contribution in [0.4, 0.5) is 0 Å². The van der Waals surface area contributed by atoms with Crippen LogP contribution in [0.3, 0.4) is 0 Å². The Balaban J connectivity index is 3.89. The first-order valence-corrected chi connectivity index (χ1v) is 18.0. The summed E-state index contributed by atoms with van der Waals surface area (Å²) in [5, 5.41) is 8.77. The number of ether oxygens (including phenoxy) is 1. The van der Waals surface area contributed by atoms with Crippen molar-refractivity contribution in [1.29, 1.82) is 0 Å². The number of carboxylic acid groups (broad SMARTS) is 1. The maximum absolute atomic E-state index is 12.6. The van der Waals surface area contributed by atoms with Gasteiger partial charge < -0.3 is 9.84 Å². The van der Waals surface area contributed by atoms with Crippen molar-refractivity contribution in [3.63, 3.8) is 0 Å². The van der Waals surface area contributed by atoms with Gasteiger partial charge in [-0.3, -0.25) is 9.59 Å². The molecule has 0 aromatic carbocycles. The highest BCUT2D eigenvalue weighted by Gasteiger charge is 2.14. The molecule has 4 heteroatoms. The molecule has 4 nitrogen and oxygen atoms in total. The summed E-state index contributed by atoms with van der Waals surface area (Å²) < 4.78 is 5.96. The van der Waals surface area contributed by atoms with Crippen molar-refractivity contribution in [2.75, 3.05) is 0 Å². The second-order valence-electron chi connectivity index (χ2n) is 12.4. The number of hydrogen-bond acceptors (Lipinski definition) is 3. The summed E-state index contributed by atoms with van der Waals surface area (Å²) in [4.78, 5) is 23.2. The lowest BCUT2D eigenvalue weighted by Crippen LogP contribution is -2.18. The van der Waals surface area contributed by atoms with Gasteiger partial charge in [-0.2, -0.15) is 0 Å². The third-order valence-corrected chi connectivity index (χ3v) is 8.33. The van der Waals surface area contributed by atoms with E-state index in [0.29, 0.717) is 6.42 Å². The molecule has 40 heavy (non-hydrogen) atoms. The number of carbonyl (C=O) groups is 2. The molecule has 0 radical (unpaired) electrons. The van der Waals surface area contributed by atoms with E-state index in [2.05, 4.69) is 13.8 Å². The van der Waals surface area contributed by atoms with Gasteiger partial charge in [0.1, 0.15) is 6.10 Å². The topological polar surface area (TPSA) is 63.6 Å². The van der Waals surface area contributed by atoms with Crippen LogP contribution in [0.5, 0.6) is 0 Å². The Hall–Kier alpha value is -1.06. The number of hydrogen-bond donors (Lipinski definition) is 1. The van der Waals surface area contributed by atoms with Crippen LogP contribution in [0, 0.1) is 0 Å². The molecule has 0 aliphatic heterocycles. The van der Waals surface area contributed by atoms with E-state index in [1.54, 1.807) is 0 Å². The van der Waals surface area contributed by atoms with Gasteiger partial charge in [0.05, 0.1) is 0 Å². The average Bonchev–Trinajstić information content (AvgIpc) is 2.93. The van der Waals surface area contributed by atoms with Crippen LogP contribution in [0.15, 0.2) is 0 Å². The number of carbonyl (C=O) groups excluding carboxylic acids is 1. The molecule has 0 fully saturated rings. The zero-order valence-corrected chi connectivity index (χ0v) is 27.2. The lowest BCUT2D eigenvalue weighted by Gasteiger charge is -2.18. The Morgan fingerprint density at radius 3 is 1.10 bits per heavy atom. The van der Waals surface area contributed by atoms with Crippen molar-refractivity contribution >= 4 is 11.9 Å². The maximum atomic E-state index is 12.6. The summed E-state index contributed by atoms with van der Waals surface area (Å²) >= 11 is 0. The molecule has 0 unspecified atom stereocenters. The first kappa shape index (κ1) is 38.9. The Morgan fingerprint density at radius 1 is 0.450 bits per heavy atom. The number of aliphatic carboxylic acids is 1. The fourth-order valence-electron chi connectivity index (χ4n) is 5.66. The number of rotatable bonds is 33. The van der Waals surface area contributed by atoms with Gasteiger partial charge in [-0.05, 0) is 38.5 Å². The molecule has 0 aromatic heterocycles. The second kappa shape index (κ2) is 32.5. The van der Waals surface area contributed by atoms with Gasteiger partial charge >= 0.3 is 11.9 Å². The van der Waals surface area contributed by atoms with E-state index in [0.717, 1.165) is 64.2 Å². The van der Waals surface area contributed by atoms with Crippen molar-refractivity contribution in [2.45, 2.75) is 219 Å². The fraction of sp³-hybridized carbons (Fsp3) is 0.944. The van der Waals surface area contributed by atoms with E-state index in [1.807, 2.05) is 0 Å². The minimum absolute atomic E-state index is 0.00379. The van der Waals surface area contributed by atoms with Crippen LogP contribution >= 0.6 is 0 Å². The Morgan fingerprint density at radius 2 is 0.750 bits per heavy atom. The highest BCUT2D eigenvalue weighted by atomic mass is 16.5. The quantitative estimate of drug-likeness (QED) is 0.0633. The van der Waals surface area contributed by atoms with Crippen molar-refractivity contribution in [1.82, 2.24) is 0 Å². The van der Waals surface area contributed by atoms with Crippen LogP contribution in [0.25, 0.3) is 0 Å². The number of esters is 1. The molecule has 1 N–H and O–H groups in total. The first-order valence-electron chi connectivity index (χ1n) is 18.0. The van der Waals surface area contributed by atoms with Gasteiger partial charge in [0.15, 0.2) is 0 Å². The molecule has 0 amide bonds. The minimum atomic E-state index is -0.698. The van der Waals surface area contributed by atoms with E-state index in [4.69, 9.17) is 9.84 Å². The van der Waals surface area contributed by atoms with Crippen LogP contribution in [0.1, 0.15) is 213 Å². The summed E-state index contributed by atoms with van der Waals surface area (Å²) in [7, 11) is 0. The molecule has 0 spiro atoms. The molecule has 0 saturated carbocycles. The molecule has 0 bridgehead atoms. The minimum Gasteiger partial charge on any atom is -0.481 e. The lowest BCUT2D eigenvalue weighted by molar-refractivity contribution is -0.150. The number of carboxylic acids is 1. The maximum Gasteiger partial charge on any atom is 0.306 e. The zero-order valence-electron chi connectivity index (χ0n) is 27.2. The molecular formula is C36H70O4. The van der Waals surface area contributed by atoms with Gasteiger partial charge in [0, 0.05) is 12.8 Å². The second-order valence-corrected chi connectivity index (χ2v) is 12.4. The van der Waals surface area contributed by atoms with Gasteiger partial charge in [-0.15, -0.1) is 0 Å². The van der Waals surface area contributed by atoms with Crippen LogP contribution in [-0.2, 0) is 14.3 Å². The molecule has 0 heterocycles. The Labute approximate surface area is 250 Å². The van der Waals surface area contributed by atoms with Crippen molar-refractivity contribution < 1.29 is 19.4 Å². The molecule has 0 aliphatic carbocycles. The van der Waals surface area contributed by atoms with Crippen LogP contribution < -0.4 is 0 Å². The fourth-order valence-corrected chi connectivity index (χ4v) is 5.66. The predicted octanol–water partition coefficient (Wildman–Crippen LogP) is 12.1. The smallest absolute Gasteiger partial charge is 0.306 e. The highest BCUT2D eigenvalue weighted by molar-refractivity contribution is 5.69. The standard InChI is InChI=1S/C36H70O4/c1-3-5-7-9-11-12-13-14-15-16-17-18-20-25-29-33-36(39)40-34(30-26-22-19-10-8-6-4-2)31-27-23-21-24-28-32-35(37)38/h34H,3-33H2,1-2H3,(H,37,38)/t34-/m0/s1. The molecule has 0 rings (SSSR count). The average molecular weight is 567 g/mol. The van der Waals surface area contributed by atoms with Gasteiger partial charge in [0.25, 0.3) is 0 Å². The molecular weight excluding hydrogens is 496 g/mol. The monoisotopic (exact) mass is 567 g/mol.